The number of morpholine rings is 1. The van der Waals surface area contributed by atoms with E-state index < -0.39 is 0 Å². The summed E-state index contributed by atoms with van der Waals surface area (Å²) < 4.78 is 5.89. The van der Waals surface area contributed by atoms with Crippen LogP contribution < -0.4 is 0 Å². The summed E-state index contributed by atoms with van der Waals surface area (Å²) in [6.07, 6.45) is 4.85. The quantitative estimate of drug-likeness (QED) is 0.919. The SMILES string of the molecule is O=C(c1cn[nH]c1-c1ccccc1Cl)N1CCOC2(CCC2)C1. The van der Waals surface area contributed by atoms with Crippen molar-refractivity contribution in [2.45, 2.75) is 24.9 Å². The van der Waals surface area contributed by atoms with E-state index in [1.54, 1.807) is 6.20 Å². The maximum atomic E-state index is 13.0. The lowest BCUT2D eigenvalue weighted by Gasteiger charge is -2.48. The van der Waals surface area contributed by atoms with Crippen molar-refractivity contribution in [3.63, 3.8) is 0 Å². The molecule has 1 saturated heterocycles. The minimum atomic E-state index is -0.109. The number of H-pyrrole nitrogens is 1. The predicted molar refractivity (Wildman–Crippen MR) is 87.5 cm³/mol. The number of aromatic amines is 1. The fraction of sp³-hybridized carbons (Fsp3) is 0.412. The molecule has 2 aromatic rings. The Morgan fingerprint density at radius 3 is 2.91 bits per heavy atom. The number of ether oxygens (including phenoxy) is 1. The van der Waals surface area contributed by atoms with Crippen LogP contribution in [-0.4, -0.2) is 46.3 Å². The van der Waals surface area contributed by atoms with Gasteiger partial charge in [-0.05, 0) is 25.3 Å². The topological polar surface area (TPSA) is 58.2 Å². The lowest BCUT2D eigenvalue weighted by molar-refractivity contribution is -0.142. The molecule has 4 rings (SSSR count). The molecule has 2 fully saturated rings. The zero-order valence-electron chi connectivity index (χ0n) is 12.7. The molecular weight excluding hydrogens is 314 g/mol. The van der Waals surface area contributed by atoms with Gasteiger partial charge in [0.15, 0.2) is 0 Å². The molecule has 1 aliphatic carbocycles. The molecule has 5 nitrogen and oxygen atoms in total. The minimum absolute atomic E-state index is 0.0109. The summed E-state index contributed by atoms with van der Waals surface area (Å²) in [7, 11) is 0. The van der Waals surface area contributed by atoms with Crippen LogP contribution in [-0.2, 0) is 4.74 Å². The van der Waals surface area contributed by atoms with Crippen molar-refractivity contribution >= 4 is 17.5 Å². The Hall–Kier alpha value is -1.85. The standard InChI is InChI=1S/C17H18ClN3O2/c18-14-5-2-1-4-12(14)15-13(10-19-20-15)16(22)21-8-9-23-17(11-21)6-3-7-17/h1-2,4-5,10H,3,6-9,11H2,(H,19,20). The van der Waals surface area contributed by atoms with Crippen molar-refractivity contribution in [3.8, 4) is 11.3 Å². The molecule has 2 aliphatic rings. The average molecular weight is 332 g/mol. The maximum absolute atomic E-state index is 13.0. The van der Waals surface area contributed by atoms with Gasteiger partial charge in [-0.15, -0.1) is 0 Å². The molecule has 1 aliphatic heterocycles. The lowest BCUT2D eigenvalue weighted by Crippen LogP contribution is -2.57. The van der Waals surface area contributed by atoms with Crippen LogP contribution >= 0.6 is 11.6 Å². The highest BCUT2D eigenvalue weighted by Gasteiger charge is 2.43. The van der Waals surface area contributed by atoms with Crippen molar-refractivity contribution in [2.75, 3.05) is 19.7 Å². The number of halogens is 1. The third-order valence-corrected chi connectivity index (χ3v) is 5.14. The molecule has 23 heavy (non-hydrogen) atoms. The molecular formula is C17H18ClN3O2. The van der Waals surface area contributed by atoms with E-state index in [0.717, 1.165) is 18.4 Å². The van der Waals surface area contributed by atoms with E-state index >= 15 is 0 Å². The highest BCUT2D eigenvalue weighted by molar-refractivity contribution is 6.33. The summed E-state index contributed by atoms with van der Waals surface area (Å²) in [5, 5.41) is 7.58. The molecule has 1 saturated carbocycles. The van der Waals surface area contributed by atoms with E-state index in [0.29, 0.717) is 36.0 Å². The highest BCUT2D eigenvalue weighted by atomic mass is 35.5. The molecule has 0 bridgehead atoms. The molecule has 1 spiro atoms. The van der Waals surface area contributed by atoms with Crippen LogP contribution in [0, 0.1) is 0 Å². The molecule has 2 heterocycles. The Kier molecular flexibility index (Phi) is 3.62. The number of benzene rings is 1. The number of carbonyl (C=O) groups is 1. The Balaban J connectivity index is 1.63. The molecule has 1 aromatic carbocycles. The predicted octanol–water partition coefficient (Wildman–Crippen LogP) is 3.13. The molecule has 0 radical (unpaired) electrons. The number of nitrogens with one attached hydrogen (secondary N) is 1. The van der Waals surface area contributed by atoms with Crippen LogP contribution in [0.15, 0.2) is 30.5 Å². The van der Waals surface area contributed by atoms with Crippen molar-refractivity contribution in [1.82, 2.24) is 15.1 Å². The van der Waals surface area contributed by atoms with Crippen LogP contribution in [0.4, 0.5) is 0 Å². The van der Waals surface area contributed by atoms with E-state index in [9.17, 15) is 4.79 Å². The van der Waals surface area contributed by atoms with Crippen molar-refractivity contribution < 1.29 is 9.53 Å². The Bertz CT molecular complexity index is 739. The second kappa shape index (κ2) is 5.65. The third-order valence-electron chi connectivity index (χ3n) is 4.81. The molecule has 0 unspecified atom stereocenters. The summed E-state index contributed by atoms with van der Waals surface area (Å²) >= 11 is 6.26. The van der Waals surface area contributed by atoms with Gasteiger partial charge in [0.25, 0.3) is 5.91 Å². The maximum Gasteiger partial charge on any atom is 0.257 e. The lowest BCUT2D eigenvalue weighted by atomic mass is 9.79. The van der Waals surface area contributed by atoms with Gasteiger partial charge in [-0.2, -0.15) is 5.10 Å². The van der Waals surface area contributed by atoms with Crippen LogP contribution in [0.3, 0.4) is 0 Å². The first-order chi connectivity index (χ1) is 11.2. The van der Waals surface area contributed by atoms with Gasteiger partial charge >= 0.3 is 0 Å². The van der Waals surface area contributed by atoms with Gasteiger partial charge in [-0.3, -0.25) is 9.89 Å². The van der Waals surface area contributed by atoms with Crippen molar-refractivity contribution in [3.05, 3.63) is 41.0 Å². The molecule has 1 N–H and O–H groups in total. The van der Waals surface area contributed by atoms with E-state index in [1.165, 1.54) is 6.42 Å². The molecule has 0 atom stereocenters. The van der Waals surface area contributed by atoms with Crippen LogP contribution in [0.2, 0.25) is 5.02 Å². The van der Waals surface area contributed by atoms with Gasteiger partial charge in [0, 0.05) is 17.1 Å². The number of aromatic nitrogens is 2. The number of amides is 1. The third kappa shape index (κ3) is 2.54. The number of nitrogens with zero attached hydrogens (tertiary/aromatic N) is 2. The molecule has 6 heteroatoms. The normalized spacial score (nSPS) is 19.6. The fourth-order valence-corrected chi connectivity index (χ4v) is 3.61. The summed E-state index contributed by atoms with van der Waals surface area (Å²) in [4.78, 5) is 14.8. The number of rotatable bonds is 2. The van der Waals surface area contributed by atoms with E-state index in [4.69, 9.17) is 16.3 Å². The second-order valence-electron chi connectivity index (χ2n) is 6.25. The molecule has 120 valence electrons. The Morgan fingerprint density at radius 1 is 1.35 bits per heavy atom. The molecule has 1 aromatic heterocycles. The van der Waals surface area contributed by atoms with Gasteiger partial charge < -0.3 is 9.64 Å². The largest absolute Gasteiger partial charge is 0.371 e. The first-order valence-electron chi connectivity index (χ1n) is 7.90. The Morgan fingerprint density at radius 2 is 2.17 bits per heavy atom. The second-order valence-corrected chi connectivity index (χ2v) is 6.66. The van der Waals surface area contributed by atoms with E-state index in [2.05, 4.69) is 10.2 Å². The zero-order valence-corrected chi connectivity index (χ0v) is 13.5. The number of hydrogen-bond donors (Lipinski definition) is 1. The smallest absolute Gasteiger partial charge is 0.257 e. The van der Waals surface area contributed by atoms with E-state index in [-0.39, 0.29) is 11.5 Å². The van der Waals surface area contributed by atoms with Gasteiger partial charge in [0.2, 0.25) is 0 Å². The van der Waals surface area contributed by atoms with Crippen LogP contribution in [0.25, 0.3) is 11.3 Å². The number of hydrogen-bond acceptors (Lipinski definition) is 3. The first kappa shape index (κ1) is 14.7. The summed E-state index contributed by atoms with van der Waals surface area (Å²) in [6, 6.07) is 7.46. The Labute approximate surface area is 139 Å². The summed E-state index contributed by atoms with van der Waals surface area (Å²) in [6.45, 7) is 1.89. The minimum Gasteiger partial charge on any atom is -0.371 e. The first-order valence-corrected chi connectivity index (χ1v) is 8.28. The van der Waals surface area contributed by atoms with Gasteiger partial charge in [0.1, 0.15) is 0 Å². The van der Waals surface area contributed by atoms with Crippen LogP contribution in [0.5, 0.6) is 0 Å². The van der Waals surface area contributed by atoms with Gasteiger partial charge in [-0.1, -0.05) is 29.8 Å². The fourth-order valence-electron chi connectivity index (χ4n) is 3.38. The highest BCUT2D eigenvalue weighted by Crippen LogP contribution is 2.39. The van der Waals surface area contributed by atoms with Crippen LogP contribution in [0.1, 0.15) is 29.6 Å². The monoisotopic (exact) mass is 331 g/mol. The molecule has 1 amide bonds. The average Bonchev–Trinajstić information content (AvgIpc) is 3.02. The van der Waals surface area contributed by atoms with Crippen molar-refractivity contribution in [1.29, 1.82) is 0 Å². The number of carbonyl (C=O) groups excluding carboxylic acids is 1. The zero-order chi connectivity index (χ0) is 15.9. The van der Waals surface area contributed by atoms with E-state index in [1.807, 2.05) is 29.2 Å². The summed E-state index contributed by atoms with van der Waals surface area (Å²) in [5.74, 6) is -0.0109. The van der Waals surface area contributed by atoms with Gasteiger partial charge in [-0.25, -0.2) is 0 Å². The van der Waals surface area contributed by atoms with Crippen molar-refractivity contribution in [2.24, 2.45) is 0 Å². The van der Waals surface area contributed by atoms with Gasteiger partial charge in [0.05, 0.1) is 36.2 Å². The summed E-state index contributed by atoms with van der Waals surface area (Å²) in [5.41, 5.74) is 1.92.